The van der Waals surface area contributed by atoms with E-state index in [1.54, 1.807) is 0 Å². The average molecular weight is 94.1 g/mol. The zero-order valence-corrected chi connectivity index (χ0v) is 3.50. The zero-order chi connectivity index (χ0) is 2.71. The summed E-state index contributed by atoms with van der Waals surface area (Å²) in [5.41, 5.74) is 0. The topological polar surface area (TPSA) is 90.3 Å². The van der Waals surface area contributed by atoms with E-state index in [4.69, 9.17) is 5.26 Å². The van der Waals surface area contributed by atoms with E-state index in [1.807, 2.05) is 0 Å². The highest BCUT2D eigenvalue weighted by molar-refractivity contribution is 7.85. The molecule has 0 atom stereocenters. The van der Waals surface area contributed by atoms with Crippen LogP contribution in [0.25, 0.3) is 0 Å². The second-order valence-corrected chi connectivity index (χ2v) is 0.300. The van der Waals surface area contributed by atoms with Crippen LogP contribution in [0.2, 0.25) is 0 Å². The summed E-state index contributed by atoms with van der Waals surface area (Å²) in [7, 11) is 0. The van der Waals surface area contributed by atoms with Gasteiger partial charge in [-0.25, -0.2) is 0 Å². The summed E-state index contributed by atoms with van der Waals surface area (Å²) in [6.45, 7) is 0. The third-order valence-corrected chi connectivity index (χ3v) is 0. The molecule has 0 aromatic heterocycles. The lowest BCUT2D eigenvalue weighted by Crippen LogP contribution is -0.961. The minimum absolute atomic E-state index is 0. The first kappa shape index (κ1) is 21.7. The fraction of sp³-hybridized carbons (Fsp3) is 0. The fourth-order valence-electron chi connectivity index (χ4n) is 0. The Morgan fingerprint density at radius 1 is 1.60 bits per heavy atom. The van der Waals surface area contributed by atoms with Crippen molar-refractivity contribution in [2.24, 2.45) is 0 Å². The summed E-state index contributed by atoms with van der Waals surface area (Å²) in [4.78, 5) is 0. The molecule has 5 heavy (non-hydrogen) atoms. The lowest BCUT2D eigenvalue weighted by Gasteiger charge is -1.14. The van der Waals surface area contributed by atoms with Gasteiger partial charge < -0.3 is 11.6 Å². The SMILES string of the molecule is N.N#CS.O. The first-order chi connectivity index (χ1) is 1.41. The van der Waals surface area contributed by atoms with E-state index in [1.165, 1.54) is 5.40 Å². The van der Waals surface area contributed by atoms with E-state index in [2.05, 4.69) is 12.6 Å². The summed E-state index contributed by atoms with van der Waals surface area (Å²) < 4.78 is 0. The molecule has 0 heterocycles. The van der Waals surface area contributed by atoms with Crippen molar-refractivity contribution in [1.82, 2.24) is 6.15 Å². The Labute approximate surface area is 35.9 Å². The molecule has 0 spiro atoms. The van der Waals surface area contributed by atoms with E-state index < -0.39 is 0 Å². The van der Waals surface area contributed by atoms with Crippen LogP contribution in [0.15, 0.2) is 0 Å². The Kier molecular flexibility index (Phi) is 215. The number of rotatable bonds is 0. The smallest absolute Gasteiger partial charge is 0.130 e. The van der Waals surface area contributed by atoms with Crippen LogP contribution >= 0.6 is 12.6 Å². The van der Waals surface area contributed by atoms with Crippen LogP contribution in [0.3, 0.4) is 0 Å². The average Bonchev–Trinajstić information content (AvgIpc) is 0.918. The van der Waals surface area contributed by atoms with Gasteiger partial charge in [-0.15, -0.1) is 0 Å². The van der Waals surface area contributed by atoms with Crippen LogP contribution < -0.4 is 6.15 Å². The van der Waals surface area contributed by atoms with Gasteiger partial charge in [-0.2, -0.15) is 5.26 Å². The maximum atomic E-state index is 7.18. The molecule has 0 aliphatic carbocycles. The predicted molar refractivity (Wildman–Crippen MR) is 23.2 cm³/mol. The van der Waals surface area contributed by atoms with Crippen molar-refractivity contribution in [3.05, 3.63) is 0 Å². The maximum absolute atomic E-state index is 7.18. The number of thiol groups is 1. The van der Waals surface area contributed by atoms with Gasteiger partial charge in [0.25, 0.3) is 0 Å². The Balaban J connectivity index is -0.0000000200. The molecule has 5 N–H and O–H groups in total. The second-order valence-electron chi connectivity index (χ2n) is 0.100. The minimum Gasteiger partial charge on any atom is -0.412 e. The molecule has 32 valence electrons. The van der Waals surface area contributed by atoms with Crippen LogP contribution in [0.5, 0.6) is 0 Å². The largest absolute Gasteiger partial charge is 0.412 e. The molecule has 0 aromatic rings. The summed E-state index contributed by atoms with van der Waals surface area (Å²) in [6.07, 6.45) is 0. The van der Waals surface area contributed by atoms with E-state index >= 15 is 0 Å². The van der Waals surface area contributed by atoms with E-state index in [-0.39, 0.29) is 11.6 Å². The van der Waals surface area contributed by atoms with Crippen LogP contribution in [0, 0.1) is 10.7 Å². The third kappa shape index (κ3) is 202. The van der Waals surface area contributed by atoms with Gasteiger partial charge in [-0.1, -0.05) is 12.6 Å². The summed E-state index contributed by atoms with van der Waals surface area (Å²) >= 11 is 3.09. The highest BCUT2D eigenvalue weighted by Crippen LogP contribution is 1.46. The van der Waals surface area contributed by atoms with Gasteiger partial charge in [0.2, 0.25) is 0 Å². The van der Waals surface area contributed by atoms with Gasteiger partial charge in [0.15, 0.2) is 0 Å². The van der Waals surface area contributed by atoms with Crippen LogP contribution in [-0.2, 0) is 0 Å². The second kappa shape index (κ2) is 49.6. The molecule has 0 fully saturated rings. The molecule has 0 radical (unpaired) electrons. The predicted octanol–water partition coefficient (Wildman–Crippen LogP) is -0.265. The number of nitriles is 1. The van der Waals surface area contributed by atoms with Crippen LogP contribution in [0.4, 0.5) is 0 Å². The lowest BCUT2D eigenvalue weighted by atomic mass is 11.8. The maximum Gasteiger partial charge on any atom is 0.130 e. The molecular weight excluding hydrogens is 88.1 g/mol. The molecule has 3 nitrogen and oxygen atoms in total. The highest BCUT2D eigenvalue weighted by atomic mass is 32.1. The number of thiocyanates is 1. The normalized spacial score (nSPS) is 1.60. The molecule has 0 saturated heterocycles. The molecule has 0 aliphatic heterocycles. The quantitative estimate of drug-likeness (QED) is 0.319. The number of hydrogen-bond donors (Lipinski definition) is 2. The molecule has 0 aromatic carbocycles. The van der Waals surface area contributed by atoms with Gasteiger partial charge in [0, 0.05) is 0 Å². The van der Waals surface area contributed by atoms with Crippen molar-refractivity contribution >= 4 is 12.6 Å². The molecule has 4 heteroatoms. The van der Waals surface area contributed by atoms with Crippen molar-refractivity contribution in [3.63, 3.8) is 0 Å². The van der Waals surface area contributed by atoms with E-state index in [0.717, 1.165) is 0 Å². The summed E-state index contributed by atoms with van der Waals surface area (Å²) in [5, 5.41) is 8.63. The Morgan fingerprint density at radius 2 is 1.60 bits per heavy atom. The number of hydrogen-bond acceptors (Lipinski definition) is 3. The van der Waals surface area contributed by atoms with Gasteiger partial charge in [-0.05, 0) is 0 Å². The Morgan fingerprint density at radius 3 is 1.60 bits per heavy atom. The van der Waals surface area contributed by atoms with Gasteiger partial charge >= 0.3 is 0 Å². The molecule has 0 unspecified atom stereocenters. The molecule has 0 aliphatic rings. The van der Waals surface area contributed by atoms with Crippen molar-refractivity contribution in [2.45, 2.75) is 0 Å². The fourth-order valence-corrected chi connectivity index (χ4v) is 0. The van der Waals surface area contributed by atoms with Crippen molar-refractivity contribution < 1.29 is 5.48 Å². The minimum atomic E-state index is 0. The third-order valence-electron chi connectivity index (χ3n) is 0. The highest BCUT2D eigenvalue weighted by Gasteiger charge is 1.18. The lowest BCUT2D eigenvalue weighted by molar-refractivity contribution is 0.824. The van der Waals surface area contributed by atoms with E-state index in [0.29, 0.717) is 0 Å². The molecule has 0 bridgehead atoms. The van der Waals surface area contributed by atoms with Gasteiger partial charge in [0.1, 0.15) is 5.40 Å². The zero-order valence-electron chi connectivity index (χ0n) is 2.60. The van der Waals surface area contributed by atoms with Crippen molar-refractivity contribution in [2.75, 3.05) is 0 Å². The molecule has 0 rings (SSSR count). The Bertz CT molecular complexity index is 31.1. The summed E-state index contributed by atoms with van der Waals surface area (Å²) in [5.74, 6) is 0. The molecular formula is CH6N2OS. The first-order valence-corrected chi connectivity index (χ1v) is 0.894. The van der Waals surface area contributed by atoms with E-state index in [9.17, 15) is 0 Å². The first-order valence-electron chi connectivity index (χ1n) is 0.447. The number of nitrogens with zero attached hydrogens (tertiary/aromatic N) is 1. The molecule has 0 saturated carbocycles. The van der Waals surface area contributed by atoms with Crippen LogP contribution in [-0.4, -0.2) is 5.48 Å². The molecule has 0 amide bonds. The van der Waals surface area contributed by atoms with Crippen LogP contribution in [0.1, 0.15) is 0 Å². The Hall–Kier alpha value is -0.240. The van der Waals surface area contributed by atoms with Gasteiger partial charge in [0.05, 0.1) is 0 Å². The van der Waals surface area contributed by atoms with Crippen molar-refractivity contribution in [1.29, 1.82) is 5.26 Å². The van der Waals surface area contributed by atoms with Gasteiger partial charge in [-0.3, -0.25) is 0 Å². The monoisotopic (exact) mass is 94.0 g/mol. The van der Waals surface area contributed by atoms with Crippen molar-refractivity contribution in [3.8, 4) is 5.40 Å². The standard InChI is InChI=1S/CHNS.H3N.H2O/c2-1-3;;/h3H;1H3;1H2. The summed E-state index contributed by atoms with van der Waals surface area (Å²) in [6, 6.07) is 0.